The van der Waals surface area contributed by atoms with Crippen molar-refractivity contribution in [2.75, 3.05) is 13.1 Å². The first-order valence-electron chi connectivity index (χ1n) is 8.40. The largest absolute Gasteiger partial charge is 0.481 e. The maximum absolute atomic E-state index is 12.9. The summed E-state index contributed by atoms with van der Waals surface area (Å²) in [6, 6.07) is 15.2. The van der Waals surface area contributed by atoms with E-state index in [1.807, 2.05) is 48.5 Å². The van der Waals surface area contributed by atoms with E-state index in [0.29, 0.717) is 25.3 Å². The van der Waals surface area contributed by atoms with Gasteiger partial charge >= 0.3 is 5.97 Å². The Hall–Kier alpha value is -2.66. The van der Waals surface area contributed by atoms with Crippen molar-refractivity contribution in [2.24, 2.45) is 5.92 Å². The number of carbonyl (C=O) groups excluding carboxylic acids is 1. The van der Waals surface area contributed by atoms with Crippen molar-refractivity contribution in [1.29, 1.82) is 0 Å². The molecule has 2 aromatic carbocycles. The molecule has 128 valence electrons. The van der Waals surface area contributed by atoms with Gasteiger partial charge < -0.3 is 14.7 Å². The molecule has 25 heavy (non-hydrogen) atoms. The monoisotopic (exact) mass is 337 g/mol. The Labute approximate surface area is 145 Å². The molecular formula is C20H19NO4. The third-order valence-electron chi connectivity index (χ3n) is 5.12. The van der Waals surface area contributed by atoms with Crippen molar-refractivity contribution in [3.63, 3.8) is 0 Å². The van der Waals surface area contributed by atoms with Gasteiger partial charge in [0, 0.05) is 24.6 Å². The Morgan fingerprint density at radius 1 is 1.00 bits per heavy atom. The lowest BCUT2D eigenvalue weighted by Gasteiger charge is -2.17. The fourth-order valence-corrected chi connectivity index (χ4v) is 3.75. The third-order valence-corrected chi connectivity index (χ3v) is 5.12. The fraction of sp³-hybridized carbons (Fsp3) is 0.300. The molecule has 5 heteroatoms. The van der Waals surface area contributed by atoms with Crippen molar-refractivity contribution >= 4 is 11.9 Å². The Morgan fingerprint density at radius 2 is 1.76 bits per heavy atom. The van der Waals surface area contributed by atoms with Crippen molar-refractivity contribution in [3.8, 4) is 0 Å². The van der Waals surface area contributed by atoms with Crippen molar-refractivity contribution in [1.82, 2.24) is 4.90 Å². The molecule has 1 fully saturated rings. The molecule has 1 N–H and O–H groups in total. The number of aliphatic carboxylic acids is 1. The summed E-state index contributed by atoms with van der Waals surface area (Å²) in [5, 5.41) is 9.59. The van der Waals surface area contributed by atoms with Crippen molar-refractivity contribution < 1.29 is 19.4 Å². The topological polar surface area (TPSA) is 66.8 Å². The van der Waals surface area contributed by atoms with Crippen LogP contribution in [0.2, 0.25) is 0 Å². The van der Waals surface area contributed by atoms with Crippen LogP contribution in [0.1, 0.15) is 33.0 Å². The molecule has 4 rings (SSSR count). The highest BCUT2D eigenvalue weighted by atomic mass is 16.5. The molecule has 0 aromatic heterocycles. The fourth-order valence-electron chi connectivity index (χ4n) is 3.75. The number of hydrogen-bond acceptors (Lipinski definition) is 3. The predicted octanol–water partition coefficient (Wildman–Crippen LogP) is 2.66. The van der Waals surface area contributed by atoms with Crippen LogP contribution in [-0.4, -0.2) is 35.0 Å². The number of likely N-dealkylation sites (tertiary alicyclic amines) is 1. The lowest BCUT2D eigenvalue weighted by molar-refractivity contribution is -0.141. The van der Waals surface area contributed by atoms with Gasteiger partial charge in [0.2, 0.25) is 0 Å². The second kappa shape index (κ2) is 6.33. The van der Waals surface area contributed by atoms with Gasteiger partial charge in [0.05, 0.1) is 19.1 Å². The molecule has 2 aromatic rings. The van der Waals surface area contributed by atoms with Gasteiger partial charge in [-0.25, -0.2) is 0 Å². The number of fused-ring (bicyclic) bond motifs is 1. The molecule has 0 unspecified atom stereocenters. The zero-order valence-corrected chi connectivity index (χ0v) is 13.7. The zero-order chi connectivity index (χ0) is 17.4. The number of hydrogen-bond donors (Lipinski definition) is 1. The maximum atomic E-state index is 12.9. The van der Waals surface area contributed by atoms with E-state index in [2.05, 4.69) is 0 Å². The first-order chi connectivity index (χ1) is 12.1. The summed E-state index contributed by atoms with van der Waals surface area (Å²) in [7, 11) is 0. The number of amides is 1. The van der Waals surface area contributed by atoms with E-state index in [9.17, 15) is 14.7 Å². The molecule has 2 atom stereocenters. The molecule has 1 saturated heterocycles. The predicted molar refractivity (Wildman–Crippen MR) is 91.1 cm³/mol. The van der Waals surface area contributed by atoms with Crippen LogP contribution in [0, 0.1) is 5.92 Å². The van der Waals surface area contributed by atoms with Crippen LogP contribution in [0.25, 0.3) is 0 Å². The highest BCUT2D eigenvalue weighted by Crippen LogP contribution is 2.34. The Morgan fingerprint density at radius 3 is 2.52 bits per heavy atom. The average Bonchev–Trinajstić information content (AvgIpc) is 3.28. The van der Waals surface area contributed by atoms with E-state index in [0.717, 1.165) is 16.7 Å². The number of benzene rings is 2. The van der Waals surface area contributed by atoms with Crippen LogP contribution in [-0.2, 0) is 22.7 Å². The SMILES string of the molecule is O=C(O)[C@@H]1CN(C(=O)c2ccc3c(c2)COC3)C[C@@H]1c1ccccc1. The zero-order valence-electron chi connectivity index (χ0n) is 13.7. The van der Waals surface area contributed by atoms with Crippen LogP contribution in [0.15, 0.2) is 48.5 Å². The summed E-state index contributed by atoms with van der Waals surface area (Å²) < 4.78 is 5.40. The van der Waals surface area contributed by atoms with Gasteiger partial charge in [-0.3, -0.25) is 9.59 Å². The van der Waals surface area contributed by atoms with E-state index in [1.54, 1.807) is 4.90 Å². The van der Waals surface area contributed by atoms with Gasteiger partial charge in [0.1, 0.15) is 0 Å². The highest BCUT2D eigenvalue weighted by Gasteiger charge is 2.40. The minimum absolute atomic E-state index is 0.112. The Balaban J connectivity index is 1.59. The molecule has 0 bridgehead atoms. The Bertz CT molecular complexity index is 818. The van der Waals surface area contributed by atoms with Gasteiger partial charge in [-0.1, -0.05) is 36.4 Å². The molecule has 2 aliphatic heterocycles. The number of carboxylic acid groups (broad SMARTS) is 1. The third kappa shape index (κ3) is 2.91. The number of carboxylic acids is 1. The second-order valence-electron chi connectivity index (χ2n) is 6.65. The summed E-state index contributed by atoms with van der Waals surface area (Å²) in [6.45, 7) is 1.78. The number of carbonyl (C=O) groups is 2. The lowest BCUT2D eigenvalue weighted by Crippen LogP contribution is -2.30. The van der Waals surface area contributed by atoms with E-state index in [1.165, 1.54) is 0 Å². The molecule has 2 aliphatic rings. The van der Waals surface area contributed by atoms with Gasteiger partial charge in [-0.05, 0) is 28.8 Å². The summed E-state index contributed by atoms with van der Waals surface area (Å²) in [6.07, 6.45) is 0. The highest BCUT2D eigenvalue weighted by molar-refractivity contribution is 5.95. The maximum Gasteiger partial charge on any atom is 0.308 e. The van der Waals surface area contributed by atoms with Crippen LogP contribution < -0.4 is 0 Å². The van der Waals surface area contributed by atoms with Crippen LogP contribution in [0.3, 0.4) is 0 Å². The molecule has 0 spiro atoms. The van der Waals surface area contributed by atoms with Gasteiger partial charge in [0.15, 0.2) is 0 Å². The minimum Gasteiger partial charge on any atom is -0.481 e. The minimum atomic E-state index is -0.855. The smallest absolute Gasteiger partial charge is 0.308 e. The van der Waals surface area contributed by atoms with E-state index in [4.69, 9.17) is 4.74 Å². The van der Waals surface area contributed by atoms with Crippen molar-refractivity contribution in [3.05, 3.63) is 70.8 Å². The Kier molecular flexibility index (Phi) is 4.01. The van der Waals surface area contributed by atoms with Crippen LogP contribution in [0.4, 0.5) is 0 Å². The first-order valence-corrected chi connectivity index (χ1v) is 8.40. The quantitative estimate of drug-likeness (QED) is 0.935. The molecule has 0 aliphatic carbocycles. The summed E-state index contributed by atoms with van der Waals surface area (Å²) >= 11 is 0. The molecule has 5 nitrogen and oxygen atoms in total. The number of nitrogens with zero attached hydrogens (tertiary/aromatic N) is 1. The van der Waals surface area contributed by atoms with Gasteiger partial charge in [-0.15, -0.1) is 0 Å². The lowest BCUT2D eigenvalue weighted by atomic mass is 9.89. The summed E-state index contributed by atoms with van der Waals surface area (Å²) in [5.74, 6) is -1.73. The molecule has 0 radical (unpaired) electrons. The molecule has 2 heterocycles. The summed E-state index contributed by atoms with van der Waals surface area (Å²) in [5.41, 5.74) is 3.72. The van der Waals surface area contributed by atoms with E-state index in [-0.39, 0.29) is 18.4 Å². The second-order valence-corrected chi connectivity index (χ2v) is 6.65. The van der Waals surface area contributed by atoms with Gasteiger partial charge in [-0.2, -0.15) is 0 Å². The van der Waals surface area contributed by atoms with E-state index < -0.39 is 11.9 Å². The standard InChI is InChI=1S/C20H19NO4/c22-19(14-6-7-15-11-25-12-16(15)8-14)21-9-17(18(10-21)20(23)24)13-4-2-1-3-5-13/h1-8,17-18H,9-12H2,(H,23,24)/t17-,18-/m1/s1. The molecule has 1 amide bonds. The summed E-state index contributed by atoms with van der Waals surface area (Å²) in [4.78, 5) is 26.2. The number of rotatable bonds is 3. The average molecular weight is 337 g/mol. The molecular weight excluding hydrogens is 318 g/mol. The normalized spacial score (nSPS) is 22.0. The van der Waals surface area contributed by atoms with E-state index >= 15 is 0 Å². The molecule has 0 saturated carbocycles. The van der Waals surface area contributed by atoms with Crippen LogP contribution >= 0.6 is 0 Å². The van der Waals surface area contributed by atoms with Crippen molar-refractivity contribution in [2.45, 2.75) is 19.1 Å². The van der Waals surface area contributed by atoms with Gasteiger partial charge in [0.25, 0.3) is 5.91 Å². The van der Waals surface area contributed by atoms with Crippen LogP contribution in [0.5, 0.6) is 0 Å². The first kappa shape index (κ1) is 15.8. The number of ether oxygens (including phenoxy) is 1.